The zero-order valence-corrected chi connectivity index (χ0v) is 24.0. The number of benzene rings is 7. The van der Waals surface area contributed by atoms with E-state index in [2.05, 4.69) is 144 Å². The Hall–Kier alpha value is -5.38. The lowest BCUT2D eigenvalue weighted by atomic mass is 9.99. The Labute approximate surface area is 252 Å². The average Bonchev–Trinajstić information content (AvgIpc) is 3.64. The van der Waals surface area contributed by atoms with Crippen molar-refractivity contribution in [3.8, 4) is 11.1 Å². The molecule has 0 radical (unpaired) electrons. The molecule has 0 saturated carbocycles. The third-order valence-electron chi connectivity index (χ3n) is 8.45. The first kappa shape index (κ1) is 24.2. The lowest BCUT2D eigenvalue weighted by Gasteiger charge is -2.25. The molecule has 0 aliphatic heterocycles. The fourth-order valence-corrected chi connectivity index (χ4v) is 7.61. The summed E-state index contributed by atoms with van der Waals surface area (Å²) in [6.45, 7) is 0. The van der Waals surface area contributed by atoms with Gasteiger partial charge in [0.05, 0.1) is 0 Å². The first-order chi connectivity index (χ1) is 21.3. The van der Waals surface area contributed by atoms with Crippen molar-refractivity contribution in [3.63, 3.8) is 0 Å². The highest BCUT2D eigenvalue weighted by Gasteiger charge is 2.16. The highest BCUT2D eigenvalue weighted by atomic mass is 32.1. The van der Waals surface area contributed by atoms with Gasteiger partial charge in [-0.15, -0.1) is 11.3 Å². The molecule has 0 amide bonds. The van der Waals surface area contributed by atoms with Crippen LogP contribution in [0.5, 0.6) is 0 Å². The Bertz CT molecular complexity index is 2450. The molecule has 0 N–H and O–H groups in total. The Morgan fingerprint density at radius 2 is 1.07 bits per heavy atom. The highest BCUT2D eigenvalue weighted by molar-refractivity contribution is 7.26. The van der Waals surface area contributed by atoms with E-state index in [4.69, 9.17) is 4.42 Å². The summed E-state index contributed by atoms with van der Waals surface area (Å²) >= 11 is 1.88. The first-order valence-corrected chi connectivity index (χ1v) is 15.3. The lowest BCUT2D eigenvalue weighted by Crippen LogP contribution is -2.09. The zero-order chi connectivity index (χ0) is 28.3. The molecule has 0 spiro atoms. The van der Waals surface area contributed by atoms with Crippen LogP contribution in [0.1, 0.15) is 0 Å². The Balaban J connectivity index is 1.12. The molecule has 43 heavy (non-hydrogen) atoms. The van der Waals surface area contributed by atoms with Crippen LogP contribution >= 0.6 is 11.3 Å². The Kier molecular flexibility index (Phi) is 5.40. The second kappa shape index (κ2) is 9.59. The van der Waals surface area contributed by atoms with Gasteiger partial charge in [0, 0.05) is 54.1 Å². The fourth-order valence-electron chi connectivity index (χ4n) is 6.37. The number of furan rings is 1. The monoisotopic (exact) mass is 567 g/mol. The van der Waals surface area contributed by atoms with Gasteiger partial charge >= 0.3 is 0 Å². The predicted octanol–water partition coefficient (Wildman–Crippen LogP) is 12.2. The summed E-state index contributed by atoms with van der Waals surface area (Å²) in [7, 11) is 0. The summed E-state index contributed by atoms with van der Waals surface area (Å²) in [4.78, 5) is 2.29. The van der Waals surface area contributed by atoms with Crippen molar-refractivity contribution in [2.45, 2.75) is 0 Å². The van der Waals surface area contributed by atoms with E-state index in [-0.39, 0.29) is 0 Å². The standard InChI is InChI=1S/C40H25NOS/c1-2-8-29(9-3-1)41(31-20-23-34-33-10-4-6-12-37(33)42-38(34)25-31)30-18-14-26(15-19-30)27-16-21-32-28(24-27)17-22-36-35-11-5-7-13-39(35)43-40(32)36/h1-25H. The smallest absolute Gasteiger partial charge is 0.137 e. The lowest BCUT2D eigenvalue weighted by molar-refractivity contribution is 0.669. The van der Waals surface area contributed by atoms with Crippen LogP contribution in [0.25, 0.3) is 64.0 Å². The summed E-state index contributed by atoms with van der Waals surface area (Å²) in [5.74, 6) is 0. The van der Waals surface area contributed by atoms with Crippen LogP contribution in [0.4, 0.5) is 17.1 Å². The van der Waals surface area contributed by atoms with Crippen molar-refractivity contribution in [1.82, 2.24) is 0 Å². The molecule has 0 bridgehead atoms. The van der Waals surface area contributed by atoms with E-state index in [9.17, 15) is 0 Å². The maximum Gasteiger partial charge on any atom is 0.137 e. The van der Waals surface area contributed by atoms with Crippen molar-refractivity contribution in [2.75, 3.05) is 4.90 Å². The molecule has 0 unspecified atom stereocenters. The van der Waals surface area contributed by atoms with Crippen LogP contribution in [0.15, 0.2) is 156 Å². The number of para-hydroxylation sites is 2. The molecule has 202 valence electrons. The summed E-state index contributed by atoms with van der Waals surface area (Å²) in [6.07, 6.45) is 0. The molecule has 7 aromatic carbocycles. The quantitative estimate of drug-likeness (QED) is 0.210. The fraction of sp³-hybridized carbons (Fsp3) is 0. The van der Waals surface area contributed by atoms with E-state index in [0.29, 0.717) is 0 Å². The second-order valence-corrected chi connectivity index (χ2v) is 12.0. The Morgan fingerprint density at radius 3 is 1.95 bits per heavy atom. The van der Waals surface area contributed by atoms with Gasteiger partial charge < -0.3 is 9.32 Å². The molecule has 2 aromatic heterocycles. The number of rotatable bonds is 4. The van der Waals surface area contributed by atoms with Gasteiger partial charge in [0.1, 0.15) is 11.2 Å². The summed E-state index contributed by atoms with van der Waals surface area (Å²) in [5, 5.41) is 7.54. The van der Waals surface area contributed by atoms with E-state index in [1.807, 2.05) is 23.5 Å². The topological polar surface area (TPSA) is 16.4 Å². The van der Waals surface area contributed by atoms with Crippen LogP contribution in [-0.4, -0.2) is 0 Å². The number of hydrogen-bond acceptors (Lipinski definition) is 3. The minimum atomic E-state index is 0.889. The molecule has 2 heterocycles. The van der Waals surface area contributed by atoms with Crippen LogP contribution < -0.4 is 4.90 Å². The van der Waals surface area contributed by atoms with Gasteiger partial charge in [-0.05, 0) is 76.5 Å². The average molecular weight is 568 g/mol. The van der Waals surface area contributed by atoms with Gasteiger partial charge in [-0.2, -0.15) is 0 Å². The van der Waals surface area contributed by atoms with Crippen molar-refractivity contribution in [2.24, 2.45) is 0 Å². The molecule has 0 saturated heterocycles. The zero-order valence-electron chi connectivity index (χ0n) is 23.2. The van der Waals surface area contributed by atoms with Crippen molar-refractivity contribution >= 4 is 81.3 Å². The molecule has 0 fully saturated rings. The van der Waals surface area contributed by atoms with Crippen molar-refractivity contribution in [1.29, 1.82) is 0 Å². The third-order valence-corrected chi connectivity index (χ3v) is 9.67. The molecule has 9 aromatic rings. The molecular formula is C40H25NOS. The minimum absolute atomic E-state index is 0.889. The predicted molar refractivity (Wildman–Crippen MR) is 184 cm³/mol. The molecule has 3 heteroatoms. The second-order valence-electron chi connectivity index (χ2n) is 11.0. The SMILES string of the molecule is c1ccc(N(c2ccc(-c3ccc4c(ccc5c6ccccc6sc45)c3)cc2)c2ccc3c(c2)oc2ccccc23)cc1. The van der Waals surface area contributed by atoms with E-state index < -0.39 is 0 Å². The van der Waals surface area contributed by atoms with Crippen LogP contribution in [0, 0.1) is 0 Å². The maximum absolute atomic E-state index is 6.24. The van der Waals surface area contributed by atoms with Gasteiger partial charge in [0.2, 0.25) is 0 Å². The molecule has 0 aliphatic rings. The van der Waals surface area contributed by atoms with Crippen LogP contribution in [-0.2, 0) is 0 Å². The third kappa shape index (κ3) is 3.93. The van der Waals surface area contributed by atoms with Gasteiger partial charge in [-0.25, -0.2) is 0 Å². The Morgan fingerprint density at radius 1 is 0.419 bits per heavy atom. The number of fused-ring (bicyclic) bond motifs is 8. The molecular weight excluding hydrogens is 543 g/mol. The largest absolute Gasteiger partial charge is 0.456 e. The number of thiophene rings is 1. The van der Waals surface area contributed by atoms with E-state index in [1.165, 1.54) is 42.1 Å². The van der Waals surface area contributed by atoms with Crippen LogP contribution in [0.3, 0.4) is 0 Å². The molecule has 2 nitrogen and oxygen atoms in total. The minimum Gasteiger partial charge on any atom is -0.456 e. The summed E-state index contributed by atoms with van der Waals surface area (Å²) in [6, 6.07) is 54.2. The van der Waals surface area contributed by atoms with Crippen LogP contribution in [0.2, 0.25) is 0 Å². The van der Waals surface area contributed by atoms with E-state index in [0.717, 1.165) is 39.0 Å². The maximum atomic E-state index is 6.24. The number of nitrogens with zero attached hydrogens (tertiary/aromatic N) is 1. The number of anilines is 3. The number of hydrogen-bond donors (Lipinski definition) is 0. The van der Waals surface area contributed by atoms with E-state index >= 15 is 0 Å². The van der Waals surface area contributed by atoms with Gasteiger partial charge in [-0.3, -0.25) is 0 Å². The van der Waals surface area contributed by atoms with Gasteiger partial charge in [-0.1, -0.05) is 91.0 Å². The molecule has 0 aliphatic carbocycles. The van der Waals surface area contributed by atoms with Crippen molar-refractivity contribution in [3.05, 3.63) is 152 Å². The normalized spacial score (nSPS) is 11.7. The van der Waals surface area contributed by atoms with Gasteiger partial charge in [0.25, 0.3) is 0 Å². The first-order valence-electron chi connectivity index (χ1n) is 14.5. The van der Waals surface area contributed by atoms with Gasteiger partial charge in [0.15, 0.2) is 0 Å². The van der Waals surface area contributed by atoms with E-state index in [1.54, 1.807) is 0 Å². The molecule has 0 atom stereocenters. The van der Waals surface area contributed by atoms with Crippen molar-refractivity contribution < 1.29 is 4.42 Å². The summed E-state index contributed by atoms with van der Waals surface area (Å²) < 4.78 is 8.95. The molecule has 9 rings (SSSR count). The summed E-state index contributed by atoms with van der Waals surface area (Å²) in [5.41, 5.74) is 7.47. The highest BCUT2D eigenvalue weighted by Crippen LogP contribution is 2.41.